The zero-order valence-corrected chi connectivity index (χ0v) is 11.6. The zero-order chi connectivity index (χ0) is 14.5. The minimum atomic E-state index is -0.412. The summed E-state index contributed by atoms with van der Waals surface area (Å²) in [5.74, 6) is 0.0385. The number of benzene rings is 2. The van der Waals surface area contributed by atoms with Crippen LogP contribution in [-0.2, 0) is 0 Å². The lowest BCUT2D eigenvalue weighted by Gasteiger charge is -2.20. The lowest BCUT2D eigenvalue weighted by Crippen LogP contribution is -2.10. The molecule has 0 spiro atoms. The van der Waals surface area contributed by atoms with Crippen molar-refractivity contribution in [2.24, 2.45) is 0 Å². The van der Waals surface area contributed by atoms with Crippen molar-refractivity contribution in [2.45, 2.75) is 19.4 Å². The summed E-state index contributed by atoms with van der Waals surface area (Å²) in [6.45, 7) is 2.00. The maximum Gasteiger partial charge on any atom is 0.167 e. The van der Waals surface area contributed by atoms with Gasteiger partial charge >= 0.3 is 0 Å². The Hall–Kier alpha value is -2.23. The van der Waals surface area contributed by atoms with Gasteiger partial charge in [0.05, 0.1) is 13.2 Å². The molecule has 3 nitrogen and oxygen atoms in total. The average molecular weight is 275 g/mol. The van der Waals surface area contributed by atoms with E-state index in [1.165, 1.54) is 13.2 Å². The SMILES string of the molecule is CCC(Nc1ccc(OC)c(F)c1)c1ccccc1O. The molecule has 20 heavy (non-hydrogen) atoms. The molecule has 0 aliphatic rings. The van der Waals surface area contributed by atoms with Gasteiger partial charge in [-0.25, -0.2) is 4.39 Å². The van der Waals surface area contributed by atoms with E-state index in [9.17, 15) is 9.50 Å². The molecule has 0 heterocycles. The monoisotopic (exact) mass is 275 g/mol. The highest BCUT2D eigenvalue weighted by atomic mass is 19.1. The molecule has 1 atom stereocenters. The second-order valence-corrected chi connectivity index (χ2v) is 4.51. The fourth-order valence-corrected chi connectivity index (χ4v) is 2.14. The number of aromatic hydroxyl groups is 1. The van der Waals surface area contributed by atoms with Crippen LogP contribution in [0.15, 0.2) is 42.5 Å². The third kappa shape index (κ3) is 3.02. The molecule has 0 bridgehead atoms. The number of phenolic OH excluding ortho intramolecular Hbond substituents is 1. The van der Waals surface area contributed by atoms with Crippen molar-refractivity contribution in [1.82, 2.24) is 0 Å². The molecule has 0 fully saturated rings. The average Bonchev–Trinajstić information content (AvgIpc) is 2.46. The Morgan fingerprint density at radius 2 is 2.00 bits per heavy atom. The summed E-state index contributed by atoms with van der Waals surface area (Å²) in [6.07, 6.45) is 0.769. The molecule has 2 rings (SSSR count). The fraction of sp³-hybridized carbons (Fsp3) is 0.250. The van der Waals surface area contributed by atoms with Gasteiger partial charge in [0, 0.05) is 17.3 Å². The number of halogens is 1. The van der Waals surface area contributed by atoms with E-state index >= 15 is 0 Å². The Labute approximate surface area is 118 Å². The molecular weight excluding hydrogens is 257 g/mol. The molecule has 0 radical (unpaired) electrons. The van der Waals surface area contributed by atoms with Crippen molar-refractivity contribution in [2.75, 3.05) is 12.4 Å². The largest absolute Gasteiger partial charge is 0.508 e. The Bertz CT molecular complexity index is 586. The number of phenols is 1. The first-order valence-corrected chi connectivity index (χ1v) is 6.53. The molecular formula is C16H18FNO2. The lowest BCUT2D eigenvalue weighted by atomic mass is 10.0. The lowest BCUT2D eigenvalue weighted by molar-refractivity contribution is 0.386. The summed E-state index contributed by atoms with van der Waals surface area (Å²) in [5.41, 5.74) is 1.45. The Kier molecular flexibility index (Phi) is 4.45. The first-order chi connectivity index (χ1) is 9.65. The maximum absolute atomic E-state index is 13.7. The summed E-state index contributed by atoms with van der Waals surface area (Å²) in [7, 11) is 1.43. The van der Waals surface area contributed by atoms with Crippen LogP contribution < -0.4 is 10.1 Å². The van der Waals surface area contributed by atoms with Gasteiger partial charge in [0.2, 0.25) is 0 Å². The van der Waals surface area contributed by atoms with Gasteiger partial charge < -0.3 is 15.2 Å². The highest BCUT2D eigenvalue weighted by molar-refractivity contribution is 5.50. The van der Waals surface area contributed by atoms with Crippen LogP contribution >= 0.6 is 0 Å². The van der Waals surface area contributed by atoms with Crippen molar-refractivity contribution in [3.05, 3.63) is 53.8 Å². The van der Waals surface area contributed by atoms with E-state index < -0.39 is 5.82 Å². The summed E-state index contributed by atoms with van der Waals surface area (Å²) in [4.78, 5) is 0. The van der Waals surface area contributed by atoms with E-state index in [-0.39, 0.29) is 17.5 Å². The quantitative estimate of drug-likeness (QED) is 0.863. The predicted molar refractivity (Wildman–Crippen MR) is 77.7 cm³/mol. The van der Waals surface area contributed by atoms with E-state index in [4.69, 9.17) is 4.74 Å². The third-order valence-electron chi connectivity index (χ3n) is 3.21. The van der Waals surface area contributed by atoms with E-state index in [2.05, 4.69) is 5.32 Å². The summed E-state index contributed by atoms with van der Waals surface area (Å²) in [5, 5.41) is 13.1. The Balaban J connectivity index is 2.23. The summed E-state index contributed by atoms with van der Waals surface area (Å²) < 4.78 is 18.6. The van der Waals surface area contributed by atoms with E-state index in [1.807, 2.05) is 19.1 Å². The predicted octanol–water partition coefficient (Wildman–Crippen LogP) is 4.10. The highest BCUT2D eigenvalue weighted by Gasteiger charge is 2.13. The van der Waals surface area contributed by atoms with Crippen LogP contribution in [0, 0.1) is 5.82 Å². The first kappa shape index (κ1) is 14.2. The molecule has 2 aromatic rings. The number of methoxy groups -OCH3 is 1. The van der Waals surface area contributed by atoms with E-state index in [0.717, 1.165) is 12.0 Å². The fourth-order valence-electron chi connectivity index (χ4n) is 2.14. The molecule has 1 unspecified atom stereocenters. The molecule has 4 heteroatoms. The van der Waals surface area contributed by atoms with E-state index in [0.29, 0.717) is 5.69 Å². The minimum absolute atomic E-state index is 0.0796. The van der Waals surface area contributed by atoms with E-state index in [1.54, 1.807) is 24.3 Å². The first-order valence-electron chi connectivity index (χ1n) is 6.53. The van der Waals surface area contributed by atoms with Crippen molar-refractivity contribution in [1.29, 1.82) is 0 Å². The summed E-state index contributed by atoms with van der Waals surface area (Å²) in [6, 6.07) is 11.8. The smallest absolute Gasteiger partial charge is 0.167 e. The minimum Gasteiger partial charge on any atom is -0.508 e. The number of hydrogen-bond acceptors (Lipinski definition) is 3. The number of ether oxygens (including phenoxy) is 1. The summed E-state index contributed by atoms with van der Waals surface area (Å²) >= 11 is 0. The molecule has 0 aliphatic heterocycles. The van der Waals surface area contributed by atoms with Crippen LogP contribution in [0.5, 0.6) is 11.5 Å². The molecule has 0 aromatic heterocycles. The number of nitrogens with one attached hydrogen (secondary N) is 1. The topological polar surface area (TPSA) is 41.5 Å². The van der Waals surface area contributed by atoms with Crippen LogP contribution in [0.4, 0.5) is 10.1 Å². The molecule has 0 saturated heterocycles. The molecule has 0 saturated carbocycles. The van der Waals surface area contributed by atoms with Gasteiger partial charge in [-0.3, -0.25) is 0 Å². The molecule has 0 amide bonds. The second-order valence-electron chi connectivity index (χ2n) is 4.51. The van der Waals surface area contributed by atoms with Crippen LogP contribution in [0.1, 0.15) is 24.9 Å². The normalized spacial score (nSPS) is 11.9. The van der Waals surface area contributed by atoms with Gasteiger partial charge in [-0.1, -0.05) is 25.1 Å². The highest BCUT2D eigenvalue weighted by Crippen LogP contribution is 2.30. The second kappa shape index (κ2) is 6.28. The number of hydrogen-bond donors (Lipinski definition) is 2. The Morgan fingerprint density at radius 1 is 1.25 bits per heavy atom. The number of anilines is 1. The van der Waals surface area contributed by atoms with Crippen LogP contribution in [-0.4, -0.2) is 12.2 Å². The third-order valence-corrected chi connectivity index (χ3v) is 3.21. The van der Waals surface area contributed by atoms with Gasteiger partial charge in [0.1, 0.15) is 5.75 Å². The van der Waals surface area contributed by atoms with Crippen molar-refractivity contribution in [3.8, 4) is 11.5 Å². The molecule has 106 valence electrons. The van der Waals surface area contributed by atoms with Crippen LogP contribution in [0.3, 0.4) is 0 Å². The standard InChI is InChI=1S/C16H18FNO2/c1-3-14(12-6-4-5-7-15(12)19)18-11-8-9-16(20-2)13(17)10-11/h4-10,14,18-19H,3H2,1-2H3. The Morgan fingerprint density at radius 3 is 2.60 bits per heavy atom. The van der Waals surface area contributed by atoms with Gasteiger partial charge in [-0.2, -0.15) is 0 Å². The van der Waals surface area contributed by atoms with Crippen LogP contribution in [0.25, 0.3) is 0 Å². The van der Waals surface area contributed by atoms with Gasteiger partial charge in [-0.15, -0.1) is 0 Å². The number of para-hydroxylation sites is 1. The molecule has 2 N–H and O–H groups in total. The van der Waals surface area contributed by atoms with Gasteiger partial charge in [0.25, 0.3) is 0 Å². The maximum atomic E-state index is 13.7. The zero-order valence-electron chi connectivity index (χ0n) is 11.6. The molecule has 0 aliphatic carbocycles. The van der Waals surface area contributed by atoms with Gasteiger partial charge in [0.15, 0.2) is 11.6 Å². The van der Waals surface area contributed by atoms with Crippen molar-refractivity contribution in [3.63, 3.8) is 0 Å². The number of rotatable bonds is 5. The van der Waals surface area contributed by atoms with Crippen LogP contribution in [0.2, 0.25) is 0 Å². The molecule has 2 aromatic carbocycles. The van der Waals surface area contributed by atoms with Gasteiger partial charge in [-0.05, 0) is 24.6 Å². The van der Waals surface area contributed by atoms with Crippen molar-refractivity contribution < 1.29 is 14.2 Å². The van der Waals surface area contributed by atoms with Crippen molar-refractivity contribution >= 4 is 5.69 Å².